The van der Waals surface area contributed by atoms with Gasteiger partial charge in [-0.2, -0.15) is 0 Å². The summed E-state index contributed by atoms with van der Waals surface area (Å²) < 4.78 is 5.62. The van der Waals surface area contributed by atoms with Gasteiger partial charge in [0.2, 0.25) is 5.16 Å². The number of aromatic nitrogens is 3. The molecule has 1 fully saturated rings. The van der Waals surface area contributed by atoms with Crippen molar-refractivity contribution in [2.75, 3.05) is 12.4 Å². The fraction of sp³-hybridized carbons (Fsp3) is 0.778. The fourth-order valence-corrected chi connectivity index (χ4v) is 2.40. The van der Waals surface area contributed by atoms with E-state index in [0.717, 1.165) is 23.3 Å². The molecular weight excluding hydrogens is 198 g/mol. The van der Waals surface area contributed by atoms with Crippen molar-refractivity contribution in [3.63, 3.8) is 0 Å². The van der Waals surface area contributed by atoms with E-state index in [-0.39, 0.29) is 0 Å². The Morgan fingerprint density at radius 1 is 1.57 bits per heavy atom. The second-order valence-corrected chi connectivity index (χ2v) is 4.49. The summed E-state index contributed by atoms with van der Waals surface area (Å²) >= 11 is 1.67. The third-order valence-electron chi connectivity index (χ3n) is 2.25. The molecule has 0 unspecified atom stereocenters. The highest BCUT2D eigenvalue weighted by molar-refractivity contribution is 7.99. The summed E-state index contributed by atoms with van der Waals surface area (Å²) in [5, 5.41) is 7.74. The molecule has 0 aliphatic carbocycles. The second kappa shape index (κ2) is 4.79. The van der Waals surface area contributed by atoms with Crippen LogP contribution in [0, 0.1) is 6.92 Å². The monoisotopic (exact) mass is 213 g/mol. The van der Waals surface area contributed by atoms with Gasteiger partial charge < -0.3 is 4.74 Å². The van der Waals surface area contributed by atoms with Crippen molar-refractivity contribution < 1.29 is 4.74 Å². The molecule has 0 spiro atoms. The molecule has 1 aromatic rings. The van der Waals surface area contributed by atoms with Gasteiger partial charge in [0.1, 0.15) is 5.82 Å². The SMILES string of the molecule is Cc1nc(SC[C@H]2CCCCO2)n[nH]1. The van der Waals surface area contributed by atoms with Gasteiger partial charge in [-0.3, -0.25) is 5.10 Å². The van der Waals surface area contributed by atoms with Crippen LogP contribution in [0.15, 0.2) is 5.16 Å². The van der Waals surface area contributed by atoms with Crippen LogP contribution in [0.1, 0.15) is 25.1 Å². The van der Waals surface area contributed by atoms with Gasteiger partial charge in [-0.1, -0.05) is 11.8 Å². The molecule has 0 amide bonds. The van der Waals surface area contributed by atoms with Crippen LogP contribution in [-0.4, -0.2) is 33.6 Å². The first-order valence-electron chi connectivity index (χ1n) is 4.98. The van der Waals surface area contributed by atoms with Gasteiger partial charge in [-0.05, 0) is 26.2 Å². The molecule has 1 aliphatic heterocycles. The summed E-state index contributed by atoms with van der Waals surface area (Å²) in [7, 11) is 0. The highest BCUT2D eigenvalue weighted by atomic mass is 32.2. The Bertz CT molecular complexity index is 283. The molecule has 4 nitrogen and oxygen atoms in total. The van der Waals surface area contributed by atoms with Gasteiger partial charge in [0, 0.05) is 12.4 Å². The molecule has 1 aromatic heterocycles. The molecule has 1 saturated heterocycles. The van der Waals surface area contributed by atoms with Crippen LogP contribution >= 0.6 is 11.8 Å². The molecule has 0 aromatic carbocycles. The number of H-pyrrole nitrogens is 1. The Morgan fingerprint density at radius 2 is 2.50 bits per heavy atom. The molecule has 1 N–H and O–H groups in total. The van der Waals surface area contributed by atoms with Crippen molar-refractivity contribution in [3.05, 3.63) is 5.82 Å². The van der Waals surface area contributed by atoms with E-state index in [2.05, 4.69) is 15.2 Å². The van der Waals surface area contributed by atoms with Crippen molar-refractivity contribution in [1.29, 1.82) is 0 Å². The third-order valence-corrected chi connectivity index (χ3v) is 3.23. The second-order valence-electron chi connectivity index (χ2n) is 3.50. The Morgan fingerprint density at radius 3 is 3.14 bits per heavy atom. The Labute approximate surface area is 87.8 Å². The lowest BCUT2D eigenvalue weighted by Crippen LogP contribution is -2.21. The van der Waals surface area contributed by atoms with Crippen LogP contribution in [-0.2, 0) is 4.74 Å². The maximum Gasteiger partial charge on any atom is 0.208 e. The maximum absolute atomic E-state index is 5.62. The van der Waals surface area contributed by atoms with Gasteiger partial charge in [0.15, 0.2) is 0 Å². The first-order chi connectivity index (χ1) is 6.84. The number of aryl methyl sites for hydroxylation is 1. The summed E-state index contributed by atoms with van der Waals surface area (Å²) in [5.41, 5.74) is 0. The zero-order valence-corrected chi connectivity index (χ0v) is 9.14. The summed E-state index contributed by atoms with van der Waals surface area (Å²) in [6, 6.07) is 0. The zero-order valence-electron chi connectivity index (χ0n) is 8.32. The predicted molar refractivity (Wildman–Crippen MR) is 55.4 cm³/mol. The molecule has 0 bridgehead atoms. The van der Waals surface area contributed by atoms with Crippen molar-refractivity contribution in [3.8, 4) is 0 Å². The van der Waals surface area contributed by atoms with E-state index in [1.807, 2.05) is 6.92 Å². The molecule has 2 rings (SSSR count). The van der Waals surface area contributed by atoms with Crippen LogP contribution in [0.5, 0.6) is 0 Å². The van der Waals surface area contributed by atoms with Gasteiger partial charge in [0.05, 0.1) is 6.10 Å². The quantitative estimate of drug-likeness (QED) is 0.777. The number of nitrogens with one attached hydrogen (secondary N) is 1. The summed E-state index contributed by atoms with van der Waals surface area (Å²) in [5.74, 6) is 1.84. The van der Waals surface area contributed by atoms with E-state index < -0.39 is 0 Å². The molecule has 5 heteroatoms. The lowest BCUT2D eigenvalue weighted by Gasteiger charge is -2.21. The summed E-state index contributed by atoms with van der Waals surface area (Å²) in [6.45, 7) is 2.83. The number of rotatable bonds is 3. The molecule has 1 aliphatic rings. The number of ether oxygens (including phenoxy) is 1. The summed E-state index contributed by atoms with van der Waals surface area (Å²) in [6.07, 6.45) is 4.07. The fourth-order valence-electron chi connectivity index (χ4n) is 1.49. The van der Waals surface area contributed by atoms with E-state index >= 15 is 0 Å². The highest BCUT2D eigenvalue weighted by Gasteiger charge is 2.14. The van der Waals surface area contributed by atoms with Gasteiger partial charge in [-0.25, -0.2) is 4.98 Å². The smallest absolute Gasteiger partial charge is 0.208 e. The molecule has 1 atom stereocenters. The third kappa shape index (κ3) is 2.72. The minimum atomic E-state index is 0.396. The molecule has 14 heavy (non-hydrogen) atoms. The first kappa shape index (κ1) is 9.98. The van der Waals surface area contributed by atoms with Crippen molar-refractivity contribution in [1.82, 2.24) is 15.2 Å². The number of aromatic amines is 1. The average molecular weight is 213 g/mol. The Kier molecular flexibility index (Phi) is 3.42. The van der Waals surface area contributed by atoms with E-state index in [1.54, 1.807) is 11.8 Å². The zero-order chi connectivity index (χ0) is 9.80. The van der Waals surface area contributed by atoms with Crippen LogP contribution < -0.4 is 0 Å². The minimum Gasteiger partial charge on any atom is -0.377 e. The lowest BCUT2D eigenvalue weighted by molar-refractivity contribution is 0.0315. The van der Waals surface area contributed by atoms with Crippen LogP contribution in [0.4, 0.5) is 0 Å². The van der Waals surface area contributed by atoms with E-state index in [0.29, 0.717) is 6.10 Å². The van der Waals surface area contributed by atoms with Crippen molar-refractivity contribution >= 4 is 11.8 Å². The largest absolute Gasteiger partial charge is 0.377 e. The number of nitrogens with zero attached hydrogens (tertiary/aromatic N) is 2. The summed E-state index contributed by atoms with van der Waals surface area (Å²) in [4.78, 5) is 4.24. The Balaban J connectivity index is 1.76. The van der Waals surface area contributed by atoms with E-state index in [4.69, 9.17) is 4.74 Å². The maximum atomic E-state index is 5.62. The van der Waals surface area contributed by atoms with E-state index in [9.17, 15) is 0 Å². The van der Waals surface area contributed by atoms with Crippen LogP contribution in [0.3, 0.4) is 0 Å². The Hall–Kier alpha value is -0.550. The number of thioether (sulfide) groups is 1. The topological polar surface area (TPSA) is 50.8 Å². The molecule has 0 radical (unpaired) electrons. The minimum absolute atomic E-state index is 0.396. The number of hydrogen-bond donors (Lipinski definition) is 1. The molecule has 2 heterocycles. The predicted octanol–water partition coefficient (Wildman–Crippen LogP) is 1.77. The molecular formula is C9H15N3OS. The first-order valence-corrected chi connectivity index (χ1v) is 5.96. The lowest BCUT2D eigenvalue weighted by atomic mass is 10.1. The van der Waals surface area contributed by atoms with E-state index in [1.165, 1.54) is 19.3 Å². The van der Waals surface area contributed by atoms with Gasteiger partial charge >= 0.3 is 0 Å². The number of hydrogen-bond acceptors (Lipinski definition) is 4. The molecule has 0 saturated carbocycles. The molecule has 78 valence electrons. The van der Waals surface area contributed by atoms with Gasteiger partial charge in [0.25, 0.3) is 0 Å². The van der Waals surface area contributed by atoms with Crippen molar-refractivity contribution in [2.45, 2.75) is 37.4 Å². The van der Waals surface area contributed by atoms with Crippen LogP contribution in [0.25, 0.3) is 0 Å². The highest BCUT2D eigenvalue weighted by Crippen LogP contribution is 2.20. The van der Waals surface area contributed by atoms with Crippen molar-refractivity contribution in [2.24, 2.45) is 0 Å². The standard InChI is InChI=1S/C9H15N3OS/c1-7-10-9(12-11-7)14-6-8-4-2-3-5-13-8/h8H,2-6H2,1H3,(H,10,11,12)/t8-/m1/s1. The van der Waals surface area contributed by atoms with Crippen LogP contribution in [0.2, 0.25) is 0 Å². The normalized spacial score (nSPS) is 22.5. The average Bonchev–Trinajstić information content (AvgIpc) is 2.63. The van der Waals surface area contributed by atoms with Gasteiger partial charge in [-0.15, -0.1) is 5.10 Å².